The lowest BCUT2D eigenvalue weighted by atomic mass is 10.3. The van der Waals surface area contributed by atoms with E-state index >= 15 is 0 Å². The molecule has 0 aromatic heterocycles. The number of ether oxygens (including phenoxy) is 1. The van der Waals surface area contributed by atoms with Gasteiger partial charge >= 0.3 is 5.69 Å². The van der Waals surface area contributed by atoms with Gasteiger partial charge in [-0.1, -0.05) is 0 Å². The van der Waals surface area contributed by atoms with Crippen molar-refractivity contribution < 1.29 is 28.1 Å². The van der Waals surface area contributed by atoms with E-state index in [1.165, 1.54) is 21.3 Å². The van der Waals surface area contributed by atoms with Crippen LogP contribution in [0.1, 0.15) is 25.7 Å². The molecule has 0 bridgehead atoms. The number of aliphatic hydroxyl groups excluding tert-OH is 1. The fraction of sp³-hybridized carbons (Fsp3) is 0.647. The SMILES string of the molecule is O=[N+]([O-])c1cc(S(=O)(=O)N2CCCC2)ccc1OC[C@@H](O)C[NH+]1CCCC1. The number of rotatable bonds is 8. The summed E-state index contributed by atoms with van der Waals surface area (Å²) in [6.45, 7) is 3.36. The zero-order valence-electron chi connectivity index (χ0n) is 15.2. The zero-order valence-corrected chi connectivity index (χ0v) is 16.0. The van der Waals surface area contributed by atoms with Crippen LogP contribution in [0.5, 0.6) is 5.75 Å². The number of nitro groups is 1. The first kappa shape index (κ1) is 20.0. The lowest BCUT2D eigenvalue weighted by Crippen LogP contribution is -3.11. The Hall–Kier alpha value is -1.75. The monoisotopic (exact) mass is 400 g/mol. The molecule has 0 radical (unpaired) electrons. The molecule has 0 spiro atoms. The maximum atomic E-state index is 12.6. The van der Waals surface area contributed by atoms with Crippen molar-refractivity contribution in [2.24, 2.45) is 0 Å². The van der Waals surface area contributed by atoms with Crippen molar-refractivity contribution in [3.8, 4) is 5.75 Å². The molecule has 0 saturated carbocycles. The molecule has 10 heteroatoms. The number of nitrogens with zero attached hydrogens (tertiary/aromatic N) is 2. The van der Waals surface area contributed by atoms with Gasteiger partial charge in [-0.05, 0) is 25.0 Å². The van der Waals surface area contributed by atoms with Gasteiger partial charge < -0.3 is 14.7 Å². The summed E-state index contributed by atoms with van der Waals surface area (Å²) in [5.41, 5.74) is -0.406. The van der Waals surface area contributed by atoms with E-state index < -0.39 is 26.7 Å². The molecule has 2 aliphatic rings. The predicted octanol–water partition coefficient (Wildman–Crippen LogP) is -0.202. The Kier molecular flexibility index (Phi) is 6.30. The van der Waals surface area contributed by atoms with Gasteiger partial charge in [-0.3, -0.25) is 10.1 Å². The van der Waals surface area contributed by atoms with Crippen molar-refractivity contribution in [1.29, 1.82) is 0 Å². The highest BCUT2D eigenvalue weighted by molar-refractivity contribution is 7.89. The lowest BCUT2D eigenvalue weighted by Gasteiger charge is -2.18. The Bertz CT molecular complexity index is 773. The molecule has 3 rings (SSSR count). The maximum absolute atomic E-state index is 12.6. The summed E-state index contributed by atoms with van der Waals surface area (Å²) >= 11 is 0. The van der Waals surface area contributed by atoms with E-state index in [4.69, 9.17) is 4.74 Å². The number of likely N-dealkylation sites (tertiary alicyclic amines) is 1. The minimum absolute atomic E-state index is 0.0316. The number of aliphatic hydroxyl groups is 1. The van der Waals surface area contributed by atoms with Crippen LogP contribution in [0.3, 0.4) is 0 Å². The summed E-state index contributed by atoms with van der Waals surface area (Å²) in [5, 5.41) is 21.5. The first-order chi connectivity index (χ1) is 12.9. The van der Waals surface area contributed by atoms with E-state index in [-0.39, 0.29) is 17.3 Å². The summed E-state index contributed by atoms with van der Waals surface area (Å²) in [6, 6.07) is 3.67. The largest absolute Gasteiger partial charge is 0.484 e. The number of nitrogens with one attached hydrogen (secondary N) is 1. The molecule has 0 unspecified atom stereocenters. The van der Waals surface area contributed by atoms with Crippen LogP contribution < -0.4 is 9.64 Å². The molecule has 2 fully saturated rings. The zero-order chi connectivity index (χ0) is 19.4. The van der Waals surface area contributed by atoms with Crippen LogP contribution >= 0.6 is 0 Å². The summed E-state index contributed by atoms with van der Waals surface area (Å²) in [4.78, 5) is 11.9. The third-order valence-electron chi connectivity index (χ3n) is 5.10. The van der Waals surface area contributed by atoms with Crippen LogP contribution in [0.25, 0.3) is 0 Å². The smallest absolute Gasteiger partial charge is 0.312 e. The molecule has 2 aliphatic heterocycles. The molecule has 0 amide bonds. The van der Waals surface area contributed by atoms with Crippen molar-refractivity contribution in [3.05, 3.63) is 28.3 Å². The first-order valence-electron chi connectivity index (χ1n) is 9.31. The van der Waals surface area contributed by atoms with Gasteiger partial charge in [0.05, 0.1) is 22.9 Å². The molecule has 2 heterocycles. The predicted molar refractivity (Wildman–Crippen MR) is 97.4 cm³/mol. The third-order valence-corrected chi connectivity index (χ3v) is 6.99. The number of quaternary nitrogens is 1. The summed E-state index contributed by atoms with van der Waals surface area (Å²) < 4.78 is 32.0. The van der Waals surface area contributed by atoms with Crippen molar-refractivity contribution in [2.75, 3.05) is 39.3 Å². The fourth-order valence-corrected chi connectivity index (χ4v) is 5.19. The molecule has 150 valence electrons. The fourth-order valence-electron chi connectivity index (χ4n) is 3.66. The van der Waals surface area contributed by atoms with Crippen LogP contribution in [-0.4, -0.2) is 68.2 Å². The number of hydrogen-bond acceptors (Lipinski definition) is 6. The van der Waals surface area contributed by atoms with E-state index in [1.54, 1.807) is 0 Å². The normalized spacial score (nSPS) is 20.0. The molecule has 0 aliphatic carbocycles. The minimum atomic E-state index is -3.74. The second-order valence-electron chi connectivity index (χ2n) is 7.12. The molecule has 9 nitrogen and oxygen atoms in total. The highest BCUT2D eigenvalue weighted by Gasteiger charge is 2.30. The Morgan fingerprint density at radius 3 is 2.52 bits per heavy atom. The van der Waals surface area contributed by atoms with Crippen LogP contribution in [0.4, 0.5) is 5.69 Å². The highest BCUT2D eigenvalue weighted by Crippen LogP contribution is 2.31. The maximum Gasteiger partial charge on any atom is 0.312 e. The van der Waals surface area contributed by atoms with Crippen molar-refractivity contribution in [2.45, 2.75) is 36.7 Å². The minimum Gasteiger partial charge on any atom is -0.484 e. The Labute approximate surface area is 158 Å². The second-order valence-corrected chi connectivity index (χ2v) is 9.06. The molecular weight excluding hydrogens is 374 g/mol. The van der Waals surface area contributed by atoms with Crippen LogP contribution in [0.2, 0.25) is 0 Å². The molecule has 1 atom stereocenters. The molecule has 1 aromatic carbocycles. The summed E-state index contributed by atoms with van der Waals surface area (Å²) in [7, 11) is -3.74. The molecular formula is C17H26N3O6S+. The highest BCUT2D eigenvalue weighted by atomic mass is 32.2. The average molecular weight is 400 g/mol. The van der Waals surface area contributed by atoms with Crippen LogP contribution in [0, 0.1) is 10.1 Å². The van der Waals surface area contributed by atoms with E-state index in [0.29, 0.717) is 19.6 Å². The van der Waals surface area contributed by atoms with Crippen LogP contribution in [-0.2, 0) is 10.0 Å². The number of nitro benzene ring substituents is 1. The number of hydrogen-bond donors (Lipinski definition) is 2. The summed E-state index contributed by atoms with van der Waals surface area (Å²) in [5.74, 6) is -0.0316. The number of sulfonamides is 1. The van der Waals surface area contributed by atoms with Gasteiger partial charge in [0.25, 0.3) is 0 Å². The van der Waals surface area contributed by atoms with Crippen molar-refractivity contribution in [1.82, 2.24) is 4.31 Å². The van der Waals surface area contributed by atoms with Gasteiger partial charge in [0.15, 0.2) is 5.75 Å². The van der Waals surface area contributed by atoms with E-state index in [0.717, 1.165) is 44.8 Å². The van der Waals surface area contributed by atoms with Gasteiger partial charge in [-0.25, -0.2) is 8.42 Å². The standard InChI is InChI=1S/C17H25N3O6S/c21-14(12-18-7-1-2-8-18)13-26-17-6-5-15(11-16(17)20(22)23)27(24,25)19-9-3-4-10-19/h5-6,11,14,21H,1-4,7-10,12-13H2/p+1/t14-/m0/s1. The molecule has 1 aromatic rings. The quantitative estimate of drug-likeness (QED) is 0.461. The van der Waals surface area contributed by atoms with Gasteiger partial charge in [0, 0.05) is 32.0 Å². The first-order valence-corrected chi connectivity index (χ1v) is 10.7. The third kappa shape index (κ3) is 4.75. The topological polar surface area (TPSA) is 114 Å². The molecule has 2 saturated heterocycles. The van der Waals surface area contributed by atoms with Gasteiger partial charge in [0.1, 0.15) is 19.3 Å². The van der Waals surface area contributed by atoms with E-state index in [1.807, 2.05) is 0 Å². The van der Waals surface area contributed by atoms with Gasteiger partial charge in [-0.15, -0.1) is 0 Å². The summed E-state index contributed by atoms with van der Waals surface area (Å²) in [6.07, 6.45) is 3.13. The lowest BCUT2D eigenvalue weighted by molar-refractivity contribution is -0.890. The number of benzene rings is 1. The second kappa shape index (κ2) is 8.51. The Morgan fingerprint density at radius 2 is 1.89 bits per heavy atom. The molecule has 2 N–H and O–H groups in total. The van der Waals surface area contributed by atoms with E-state index in [9.17, 15) is 23.6 Å². The molecule has 27 heavy (non-hydrogen) atoms. The Balaban J connectivity index is 1.71. The Morgan fingerprint density at radius 1 is 1.22 bits per heavy atom. The van der Waals surface area contributed by atoms with Crippen LogP contribution in [0.15, 0.2) is 23.1 Å². The van der Waals surface area contributed by atoms with Gasteiger partial charge in [0.2, 0.25) is 10.0 Å². The van der Waals surface area contributed by atoms with Crippen molar-refractivity contribution in [3.63, 3.8) is 0 Å². The average Bonchev–Trinajstić information content (AvgIpc) is 3.33. The van der Waals surface area contributed by atoms with E-state index in [2.05, 4.69) is 0 Å². The van der Waals surface area contributed by atoms with Gasteiger partial charge in [-0.2, -0.15) is 4.31 Å². The van der Waals surface area contributed by atoms with Crippen molar-refractivity contribution >= 4 is 15.7 Å².